The van der Waals surface area contributed by atoms with Crippen molar-refractivity contribution in [2.24, 2.45) is 11.3 Å². The van der Waals surface area contributed by atoms with Crippen LogP contribution in [0.25, 0.3) is 5.69 Å². The van der Waals surface area contributed by atoms with Crippen LogP contribution in [-0.4, -0.2) is 35.3 Å². The highest BCUT2D eigenvalue weighted by Crippen LogP contribution is 2.58. The van der Waals surface area contributed by atoms with E-state index in [1.165, 1.54) is 0 Å². The predicted molar refractivity (Wildman–Crippen MR) is 100 cm³/mol. The van der Waals surface area contributed by atoms with Crippen LogP contribution in [0.4, 0.5) is 0 Å². The minimum Gasteiger partial charge on any atom is -0.355 e. The first-order valence-electron chi connectivity index (χ1n) is 8.85. The smallest absolute Gasteiger partial charge is 0.223 e. The van der Waals surface area contributed by atoms with Gasteiger partial charge in [0, 0.05) is 25.1 Å². The molecule has 1 atom stereocenters. The number of amides is 1. The van der Waals surface area contributed by atoms with Gasteiger partial charge >= 0.3 is 0 Å². The number of para-hydroxylation sites is 1. The first-order valence-corrected chi connectivity index (χ1v) is 8.85. The van der Waals surface area contributed by atoms with Crippen LogP contribution >= 0.6 is 12.4 Å². The summed E-state index contributed by atoms with van der Waals surface area (Å²) in [5.41, 5.74) is 2.37. The van der Waals surface area contributed by atoms with Gasteiger partial charge in [-0.25, -0.2) is 4.68 Å². The zero-order valence-corrected chi connectivity index (χ0v) is 15.1. The molecule has 5 nitrogen and oxygen atoms in total. The van der Waals surface area contributed by atoms with Crippen LogP contribution in [0, 0.1) is 11.3 Å². The van der Waals surface area contributed by atoms with Gasteiger partial charge < -0.3 is 10.6 Å². The number of hydrogen-bond acceptors (Lipinski definition) is 3. The van der Waals surface area contributed by atoms with Crippen molar-refractivity contribution in [2.75, 3.05) is 19.6 Å². The van der Waals surface area contributed by atoms with Gasteiger partial charge in [0.1, 0.15) is 0 Å². The molecule has 1 aromatic heterocycles. The van der Waals surface area contributed by atoms with Crippen LogP contribution in [0.5, 0.6) is 0 Å². The van der Waals surface area contributed by atoms with Gasteiger partial charge in [-0.1, -0.05) is 18.2 Å². The van der Waals surface area contributed by atoms with E-state index in [9.17, 15) is 4.79 Å². The molecule has 1 amide bonds. The second-order valence-electron chi connectivity index (χ2n) is 7.00. The lowest BCUT2D eigenvalue weighted by Gasteiger charge is -2.23. The molecule has 1 saturated heterocycles. The molecule has 134 valence electrons. The molecule has 1 saturated carbocycles. The lowest BCUT2D eigenvalue weighted by atomic mass is 9.92. The molecule has 1 aliphatic heterocycles. The zero-order chi connectivity index (χ0) is 16.4. The molecule has 1 aliphatic carbocycles. The van der Waals surface area contributed by atoms with Gasteiger partial charge in [0.2, 0.25) is 5.91 Å². The summed E-state index contributed by atoms with van der Waals surface area (Å²) in [7, 11) is 0. The Morgan fingerprint density at radius 1 is 1.24 bits per heavy atom. The predicted octanol–water partition coefficient (Wildman–Crippen LogP) is 2.34. The third-order valence-electron chi connectivity index (χ3n) is 5.45. The van der Waals surface area contributed by atoms with E-state index in [0.29, 0.717) is 12.0 Å². The van der Waals surface area contributed by atoms with Crippen LogP contribution in [0.3, 0.4) is 0 Å². The fraction of sp³-hybridized carbons (Fsp3) is 0.474. The average molecular weight is 361 g/mol. The Morgan fingerprint density at radius 2 is 2.00 bits per heavy atom. The molecule has 25 heavy (non-hydrogen) atoms. The van der Waals surface area contributed by atoms with Crippen LogP contribution in [-0.2, 0) is 11.2 Å². The number of nitrogens with one attached hydrogen (secondary N) is 2. The van der Waals surface area contributed by atoms with E-state index in [1.807, 2.05) is 47.3 Å². The van der Waals surface area contributed by atoms with Gasteiger partial charge in [0.25, 0.3) is 0 Å². The highest BCUT2D eigenvalue weighted by Gasteiger charge is 2.57. The maximum atomic E-state index is 12.3. The third kappa shape index (κ3) is 3.88. The largest absolute Gasteiger partial charge is 0.355 e. The number of benzene rings is 1. The SMILES string of the molecule is Cl.O=C(NCCc1ccn(-c2ccccc2)n1)C1CC12CCNCC2. The van der Waals surface area contributed by atoms with Crippen molar-refractivity contribution in [1.82, 2.24) is 20.4 Å². The van der Waals surface area contributed by atoms with Gasteiger partial charge in [-0.05, 0) is 56.0 Å². The summed E-state index contributed by atoms with van der Waals surface area (Å²) in [4.78, 5) is 12.3. The van der Waals surface area contributed by atoms with E-state index in [1.54, 1.807) is 0 Å². The average Bonchev–Trinajstić information content (AvgIpc) is 3.10. The molecule has 1 spiro atoms. The lowest BCUT2D eigenvalue weighted by molar-refractivity contribution is -0.123. The van der Waals surface area contributed by atoms with Crippen LogP contribution < -0.4 is 10.6 Å². The number of carbonyl (C=O) groups excluding carboxylic acids is 1. The minimum absolute atomic E-state index is 0. The topological polar surface area (TPSA) is 59.0 Å². The highest BCUT2D eigenvalue weighted by atomic mass is 35.5. The van der Waals surface area contributed by atoms with Crippen LogP contribution in [0.15, 0.2) is 42.6 Å². The Bertz CT molecular complexity index is 709. The molecule has 0 bridgehead atoms. The molecule has 1 aromatic carbocycles. The van der Waals surface area contributed by atoms with Crippen LogP contribution in [0.1, 0.15) is 25.0 Å². The van der Waals surface area contributed by atoms with E-state index in [-0.39, 0.29) is 24.2 Å². The number of halogens is 1. The number of aromatic nitrogens is 2. The van der Waals surface area contributed by atoms with Crippen molar-refractivity contribution in [3.63, 3.8) is 0 Å². The Labute approximate surface area is 154 Å². The molecule has 2 aromatic rings. The number of hydrogen-bond donors (Lipinski definition) is 2. The summed E-state index contributed by atoms with van der Waals surface area (Å²) in [5, 5.41) is 11.1. The first kappa shape index (κ1) is 18.0. The molecule has 2 aliphatic rings. The number of nitrogens with zero attached hydrogens (tertiary/aromatic N) is 2. The van der Waals surface area contributed by atoms with Crippen molar-refractivity contribution in [2.45, 2.75) is 25.7 Å². The Balaban J connectivity index is 0.00000182. The summed E-state index contributed by atoms with van der Waals surface area (Å²) in [6.45, 7) is 2.77. The monoisotopic (exact) mass is 360 g/mol. The van der Waals surface area contributed by atoms with E-state index >= 15 is 0 Å². The van der Waals surface area contributed by atoms with E-state index in [2.05, 4.69) is 15.7 Å². The minimum atomic E-state index is 0. The maximum Gasteiger partial charge on any atom is 0.223 e. The second kappa shape index (κ2) is 7.58. The molecule has 2 heterocycles. The molecule has 2 fully saturated rings. The molecule has 1 unspecified atom stereocenters. The van der Waals surface area contributed by atoms with Gasteiger partial charge in [-0.15, -0.1) is 12.4 Å². The third-order valence-corrected chi connectivity index (χ3v) is 5.45. The van der Waals surface area contributed by atoms with E-state index in [0.717, 1.165) is 50.2 Å². The summed E-state index contributed by atoms with van der Waals surface area (Å²) < 4.78 is 1.88. The lowest BCUT2D eigenvalue weighted by Crippen LogP contribution is -2.34. The van der Waals surface area contributed by atoms with Gasteiger partial charge in [0.15, 0.2) is 0 Å². The highest BCUT2D eigenvalue weighted by molar-refractivity contribution is 5.85. The Morgan fingerprint density at radius 3 is 2.76 bits per heavy atom. The van der Waals surface area contributed by atoms with Crippen molar-refractivity contribution in [3.05, 3.63) is 48.3 Å². The van der Waals surface area contributed by atoms with Crippen molar-refractivity contribution in [1.29, 1.82) is 0 Å². The zero-order valence-electron chi connectivity index (χ0n) is 14.3. The first-order chi connectivity index (χ1) is 11.8. The van der Waals surface area contributed by atoms with Crippen molar-refractivity contribution < 1.29 is 4.79 Å². The van der Waals surface area contributed by atoms with Gasteiger partial charge in [-0.3, -0.25) is 4.79 Å². The van der Waals surface area contributed by atoms with Gasteiger partial charge in [-0.2, -0.15) is 5.10 Å². The van der Waals surface area contributed by atoms with E-state index in [4.69, 9.17) is 0 Å². The molecular formula is C19H25ClN4O. The number of rotatable bonds is 5. The quantitative estimate of drug-likeness (QED) is 0.860. The Hall–Kier alpha value is -1.85. The van der Waals surface area contributed by atoms with E-state index < -0.39 is 0 Å². The number of carbonyl (C=O) groups is 1. The molecule has 0 radical (unpaired) electrons. The maximum absolute atomic E-state index is 12.3. The normalized spacial score (nSPS) is 20.7. The van der Waals surface area contributed by atoms with Crippen molar-refractivity contribution in [3.8, 4) is 5.69 Å². The second-order valence-corrected chi connectivity index (χ2v) is 7.00. The fourth-order valence-electron chi connectivity index (χ4n) is 3.85. The molecular weight excluding hydrogens is 336 g/mol. The van der Waals surface area contributed by atoms with Crippen molar-refractivity contribution >= 4 is 18.3 Å². The molecule has 2 N–H and O–H groups in total. The molecule has 4 rings (SSSR count). The summed E-state index contributed by atoms with van der Waals surface area (Å²) in [5.74, 6) is 0.473. The van der Waals surface area contributed by atoms with Crippen LogP contribution in [0.2, 0.25) is 0 Å². The molecule has 6 heteroatoms. The summed E-state index contributed by atoms with van der Waals surface area (Å²) in [6.07, 6.45) is 6.10. The number of piperidine rings is 1. The summed E-state index contributed by atoms with van der Waals surface area (Å²) >= 11 is 0. The fourth-order valence-corrected chi connectivity index (χ4v) is 3.85. The van der Waals surface area contributed by atoms with Gasteiger partial charge in [0.05, 0.1) is 11.4 Å². The standard InChI is InChI=1S/C19H24N4O.ClH/c24-18(17-14-19(17)8-11-20-12-9-19)21-10-6-15-7-13-23(22-15)16-4-2-1-3-5-16;/h1-5,7,13,17,20H,6,8-12,14H2,(H,21,24);1H. The summed E-state index contributed by atoms with van der Waals surface area (Å²) in [6, 6.07) is 12.1. The Kier molecular flexibility index (Phi) is 5.45.